The minimum Gasteiger partial charge on any atom is -0.347 e. The fourth-order valence-corrected chi connectivity index (χ4v) is 2.83. The lowest BCUT2D eigenvalue weighted by Crippen LogP contribution is -2.44. The Kier molecular flexibility index (Phi) is 3.79. The summed E-state index contributed by atoms with van der Waals surface area (Å²) in [5.74, 6) is -0.281. The second-order valence-corrected chi connectivity index (χ2v) is 5.24. The van der Waals surface area contributed by atoms with Gasteiger partial charge in [0.1, 0.15) is 0 Å². The van der Waals surface area contributed by atoms with Crippen molar-refractivity contribution in [3.63, 3.8) is 0 Å². The normalized spacial score (nSPS) is 23.0. The van der Waals surface area contributed by atoms with E-state index in [1.165, 1.54) is 5.56 Å². The standard InChI is InChI=1S/C14H21N3O2/c15-10-13-9-12(1-4-16-13)11-17-5-2-14(3-6-17)18-7-8-19-14/h1,4,9H,2-3,5-8,10-11,15H2. The van der Waals surface area contributed by atoms with Gasteiger partial charge in [-0.05, 0) is 17.7 Å². The molecular formula is C14H21N3O2. The van der Waals surface area contributed by atoms with Crippen LogP contribution in [0.1, 0.15) is 24.1 Å². The number of pyridine rings is 1. The monoisotopic (exact) mass is 263 g/mol. The topological polar surface area (TPSA) is 60.6 Å². The molecule has 3 heterocycles. The van der Waals surface area contributed by atoms with E-state index in [1.54, 1.807) is 0 Å². The molecule has 104 valence electrons. The zero-order chi connectivity index (χ0) is 13.1. The summed E-state index contributed by atoms with van der Waals surface area (Å²) in [5.41, 5.74) is 7.85. The van der Waals surface area contributed by atoms with Crippen molar-refractivity contribution in [1.82, 2.24) is 9.88 Å². The zero-order valence-electron chi connectivity index (χ0n) is 11.2. The molecule has 0 radical (unpaired) electrons. The van der Waals surface area contributed by atoms with Gasteiger partial charge >= 0.3 is 0 Å². The van der Waals surface area contributed by atoms with Gasteiger partial charge in [-0.3, -0.25) is 9.88 Å². The van der Waals surface area contributed by atoms with Crippen LogP contribution in [0.2, 0.25) is 0 Å². The summed E-state index contributed by atoms with van der Waals surface area (Å²) in [6.45, 7) is 4.96. The van der Waals surface area contributed by atoms with Crippen molar-refractivity contribution in [2.24, 2.45) is 5.73 Å². The van der Waals surface area contributed by atoms with Crippen molar-refractivity contribution in [2.45, 2.75) is 31.7 Å². The van der Waals surface area contributed by atoms with Crippen molar-refractivity contribution >= 4 is 0 Å². The minimum absolute atomic E-state index is 0.281. The van der Waals surface area contributed by atoms with Crippen molar-refractivity contribution in [3.8, 4) is 0 Å². The number of rotatable bonds is 3. The number of nitrogens with two attached hydrogens (primary N) is 1. The average Bonchev–Trinajstić information content (AvgIpc) is 2.90. The molecule has 5 nitrogen and oxygen atoms in total. The van der Waals surface area contributed by atoms with Gasteiger partial charge in [-0.2, -0.15) is 0 Å². The molecule has 19 heavy (non-hydrogen) atoms. The van der Waals surface area contributed by atoms with Gasteiger partial charge in [0.15, 0.2) is 5.79 Å². The quantitative estimate of drug-likeness (QED) is 0.877. The average molecular weight is 263 g/mol. The lowest BCUT2D eigenvalue weighted by atomic mass is 10.0. The molecular weight excluding hydrogens is 242 g/mol. The molecule has 1 aromatic rings. The summed E-state index contributed by atoms with van der Waals surface area (Å²) >= 11 is 0. The SMILES string of the molecule is NCc1cc(CN2CCC3(CC2)OCCO3)ccn1. The summed E-state index contributed by atoms with van der Waals surface area (Å²) in [6.07, 6.45) is 3.76. The van der Waals surface area contributed by atoms with E-state index in [0.717, 1.165) is 51.4 Å². The Bertz CT molecular complexity index is 422. The second kappa shape index (κ2) is 5.54. The van der Waals surface area contributed by atoms with Crippen molar-refractivity contribution < 1.29 is 9.47 Å². The molecule has 0 bridgehead atoms. The van der Waals surface area contributed by atoms with E-state index in [4.69, 9.17) is 15.2 Å². The fourth-order valence-electron chi connectivity index (χ4n) is 2.83. The van der Waals surface area contributed by atoms with E-state index in [-0.39, 0.29) is 5.79 Å². The summed E-state index contributed by atoms with van der Waals surface area (Å²) in [4.78, 5) is 6.66. The van der Waals surface area contributed by atoms with Gasteiger partial charge in [-0.25, -0.2) is 0 Å². The van der Waals surface area contributed by atoms with Crippen LogP contribution in [0.4, 0.5) is 0 Å². The van der Waals surface area contributed by atoms with E-state index in [1.807, 2.05) is 6.20 Å². The smallest absolute Gasteiger partial charge is 0.170 e. The number of hydrogen-bond donors (Lipinski definition) is 1. The molecule has 0 unspecified atom stereocenters. The molecule has 2 saturated heterocycles. The molecule has 2 aliphatic heterocycles. The number of likely N-dealkylation sites (tertiary alicyclic amines) is 1. The van der Waals surface area contributed by atoms with Crippen LogP contribution in [0.25, 0.3) is 0 Å². The molecule has 1 spiro atoms. The third-order valence-electron chi connectivity index (χ3n) is 3.93. The molecule has 0 amide bonds. The summed E-state index contributed by atoms with van der Waals surface area (Å²) in [7, 11) is 0. The highest BCUT2D eigenvalue weighted by Gasteiger charge is 2.39. The van der Waals surface area contributed by atoms with Crippen molar-refractivity contribution in [3.05, 3.63) is 29.6 Å². The Morgan fingerprint density at radius 1 is 1.26 bits per heavy atom. The molecule has 2 aliphatic rings. The first kappa shape index (κ1) is 13.0. The van der Waals surface area contributed by atoms with Crippen LogP contribution < -0.4 is 5.73 Å². The Morgan fingerprint density at radius 2 is 2.00 bits per heavy atom. The van der Waals surface area contributed by atoms with Gasteiger partial charge in [0.25, 0.3) is 0 Å². The van der Waals surface area contributed by atoms with Crippen LogP contribution in [0, 0.1) is 0 Å². The first-order valence-electron chi connectivity index (χ1n) is 6.94. The molecule has 0 saturated carbocycles. The van der Waals surface area contributed by atoms with Gasteiger partial charge in [0, 0.05) is 45.2 Å². The van der Waals surface area contributed by atoms with Crippen LogP contribution in [-0.2, 0) is 22.6 Å². The van der Waals surface area contributed by atoms with Crippen molar-refractivity contribution in [2.75, 3.05) is 26.3 Å². The summed E-state index contributed by atoms with van der Waals surface area (Å²) in [6, 6.07) is 4.15. The third-order valence-corrected chi connectivity index (χ3v) is 3.93. The molecule has 2 fully saturated rings. The summed E-state index contributed by atoms with van der Waals surface area (Å²) in [5, 5.41) is 0. The van der Waals surface area contributed by atoms with Crippen LogP contribution in [0.15, 0.2) is 18.3 Å². The molecule has 0 aromatic carbocycles. The minimum atomic E-state index is -0.281. The predicted molar refractivity (Wildman–Crippen MR) is 71.3 cm³/mol. The van der Waals surface area contributed by atoms with E-state index in [0.29, 0.717) is 6.54 Å². The number of nitrogens with zero attached hydrogens (tertiary/aromatic N) is 2. The van der Waals surface area contributed by atoms with Crippen LogP contribution >= 0.6 is 0 Å². The van der Waals surface area contributed by atoms with E-state index < -0.39 is 0 Å². The largest absolute Gasteiger partial charge is 0.347 e. The molecule has 3 rings (SSSR count). The van der Waals surface area contributed by atoms with Gasteiger partial charge in [-0.1, -0.05) is 0 Å². The third kappa shape index (κ3) is 2.95. The molecule has 0 atom stereocenters. The van der Waals surface area contributed by atoms with E-state index in [9.17, 15) is 0 Å². The number of piperidine rings is 1. The van der Waals surface area contributed by atoms with Crippen LogP contribution in [-0.4, -0.2) is 42.0 Å². The lowest BCUT2D eigenvalue weighted by Gasteiger charge is -2.37. The maximum atomic E-state index is 5.74. The first-order chi connectivity index (χ1) is 9.30. The summed E-state index contributed by atoms with van der Waals surface area (Å²) < 4.78 is 11.5. The highest BCUT2D eigenvalue weighted by molar-refractivity contribution is 5.16. The van der Waals surface area contributed by atoms with Crippen LogP contribution in [0.3, 0.4) is 0 Å². The molecule has 0 aliphatic carbocycles. The zero-order valence-corrected chi connectivity index (χ0v) is 11.2. The maximum absolute atomic E-state index is 5.74. The Hall–Kier alpha value is -1.01. The van der Waals surface area contributed by atoms with Gasteiger partial charge < -0.3 is 15.2 Å². The molecule has 5 heteroatoms. The van der Waals surface area contributed by atoms with Crippen molar-refractivity contribution in [1.29, 1.82) is 0 Å². The number of aromatic nitrogens is 1. The van der Waals surface area contributed by atoms with E-state index in [2.05, 4.69) is 22.0 Å². The Morgan fingerprint density at radius 3 is 2.68 bits per heavy atom. The lowest BCUT2D eigenvalue weighted by molar-refractivity contribution is -0.185. The maximum Gasteiger partial charge on any atom is 0.170 e. The number of ether oxygens (including phenoxy) is 2. The van der Waals surface area contributed by atoms with Gasteiger partial charge in [-0.15, -0.1) is 0 Å². The molecule has 1 aromatic heterocycles. The Balaban J connectivity index is 1.56. The predicted octanol–water partition coefficient (Wildman–Crippen LogP) is 0.879. The second-order valence-electron chi connectivity index (χ2n) is 5.24. The van der Waals surface area contributed by atoms with Gasteiger partial charge in [0.05, 0.1) is 18.9 Å². The van der Waals surface area contributed by atoms with E-state index >= 15 is 0 Å². The molecule has 2 N–H and O–H groups in total. The number of hydrogen-bond acceptors (Lipinski definition) is 5. The first-order valence-corrected chi connectivity index (χ1v) is 6.94. The van der Waals surface area contributed by atoms with Gasteiger partial charge in [0.2, 0.25) is 0 Å². The highest BCUT2D eigenvalue weighted by Crippen LogP contribution is 2.31. The highest BCUT2D eigenvalue weighted by atomic mass is 16.7. The Labute approximate surface area is 113 Å². The van der Waals surface area contributed by atoms with Crippen LogP contribution in [0.5, 0.6) is 0 Å². The fraction of sp³-hybridized carbons (Fsp3) is 0.643.